The molecule has 5 heteroatoms. The third-order valence-electron chi connectivity index (χ3n) is 4.13. The molecule has 21 heavy (non-hydrogen) atoms. The van der Waals surface area contributed by atoms with Gasteiger partial charge in [-0.2, -0.15) is 0 Å². The lowest BCUT2D eigenvalue weighted by molar-refractivity contribution is -0.128. The van der Waals surface area contributed by atoms with E-state index in [2.05, 4.69) is 27.8 Å². The summed E-state index contributed by atoms with van der Waals surface area (Å²) in [6, 6.07) is 10.1. The Morgan fingerprint density at radius 3 is 2.71 bits per heavy atom. The molecule has 0 spiro atoms. The second-order valence-corrected chi connectivity index (χ2v) is 6.08. The topological polar surface area (TPSA) is 54.0 Å². The number of benzene rings is 1. The lowest BCUT2D eigenvalue weighted by atomic mass is 9.72. The first-order chi connectivity index (χ1) is 10.3. The van der Waals surface area contributed by atoms with Crippen LogP contribution in [0.25, 0.3) is 0 Å². The second-order valence-electron chi connectivity index (χ2n) is 5.36. The Kier molecular flexibility index (Phi) is 4.31. The number of hydrogen-bond acceptors (Lipinski definition) is 4. The first-order valence-corrected chi connectivity index (χ1v) is 8.17. The fourth-order valence-electron chi connectivity index (χ4n) is 2.92. The molecule has 0 aliphatic carbocycles. The van der Waals surface area contributed by atoms with E-state index in [4.69, 9.17) is 0 Å². The van der Waals surface area contributed by atoms with E-state index in [-0.39, 0.29) is 5.91 Å². The summed E-state index contributed by atoms with van der Waals surface area (Å²) in [6.07, 6.45) is 1.67. The average Bonchev–Trinajstić information content (AvgIpc) is 3.07. The molecule has 1 saturated heterocycles. The third kappa shape index (κ3) is 2.99. The van der Waals surface area contributed by atoms with Crippen molar-refractivity contribution >= 4 is 17.2 Å². The Balaban J connectivity index is 1.80. The number of hydrogen-bond donors (Lipinski definition) is 2. The Labute approximate surface area is 128 Å². The van der Waals surface area contributed by atoms with Crippen molar-refractivity contribution in [2.24, 2.45) is 0 Å². The predicted octanol–water partition coefficient (Wildman–Crippen LogP) is 2.08. The lowest BCUT2D eigenvalue weighted by Crippen LogP contribution is -2.50. The van der Waals surface area contributed by atoms with E-state index in [0.717, 1.165) is 37.2 Å². The number of carbonyl (C=O) groups is 1. The van der Waals surface area contributed by atoms with Crippen molar-refractivity contribution in [3.8, 4) is 0 Å². The van der Waals surface area contributed by atoms with E-state index in [1.54, 1.807) is 16.8 Å². The summed E-state index contributed by atoms with van der Waals surface area (Å²) in [5.74, 6) is 0.114. The van der Waals surface area contributed by atoms with Gasteiger partial charge in [-0.05, 0) is 31.5 Å². The second kappa shape index (κ2) is 6.37. The molecule has 4 nitrogen and oxygen atoms in total. The van der Waals surface area contributed by atoms with Crippen LogP contribution in [0, 0.1) is 0 Å². The van der Waals surface area contributed by atoms with Crippen LogP contribution < -0.4 is 10.6 Å². The van der Waals surface area contributed by atoms with Crippen LogP contribution in [0.1, 0.15) is 24.1 Å². The average molecular weight is 301 g/mol. The van der Waals surface area contributed by atoms with Crippen molar-refractivity contribution in [1.29, 1.82) is 0 Å². The number of nitrogens with one attached hydrogen (secondary N) is 2. The molecule has 0 unspecified atom stereocenters. The summed E-state index contributed by atoms with van der Waals surface area (Å²) in [6.45, 7) is 2.25. The quantitative estimate of drug-likeness (QED) is 0.909. The van der Waals surface area contributed by atoms with Gasteiger partial charge in [0, 0.05) is 5.38 Å². The summed E-state index contributed by atoms with van der Waals surface area (Å²) < 4.78 is 0. The minimum Gasteiger partial charge on any atom is -0.350 e. The van der Waals surface area contributed by atoms with Gasteiger partial charge in [0.05, 0.1) is 23.2 Å². The molecular formula is C16H19N3OS. The van der Waals surface area contributed by atoms with Gasteiger partial charge in [0.2, 0.25) is 5.91 Å². The van der Waals surface area contributed by atoms with E-state index in [0.29, 0.717) is 6.54 Å². The van der Waals surface area contributed by atoms with Gasteiger partial charge >= 0.3 is 0 Å². The molecule has 2 N–H and O–H groups in total. The van der Waals surface area contributed by atoms with Gasteiger partial charge in [0.1, 0.15) is 0 Å². The predicted molar refractivity (Wildman–Crippen MR) is 84.2 cm³/mol. The monoisotopic (exact) mass is 301 g/mol. The Morgan fingerprint density at radius 2 is 2.05 bits per heavy atom. The Hall–Kier alpha value is -1.72. The summed E-state index contributed by atoms with van der Waals surface area (Å²) in [5.41, 5.74) is 3.41. The van der Waals surface area contributed by atoms with Crippen molar-refractivity contribution in [2.45, 2.75) is 24.8 Å². The molecule has 0 saturated carbocycles. The summed E-state index contributed by atoms with van der Waals surface area (Å²) in [5, 5.41) is 8.38. The number of thiazole rings is 1. The lowest BCUT2D eigenvalue weighted by Gasteiger charge is -2.36. The molecule has 0 bridgehead atoms. The van der Waals surface area contributed by atoms with Crippen molar-refractivity contribution in [3.63, 3.8) is 0 Å². The minimum absolute atomic E-state index is 0.114. The van der Waals surface area contributed by atoms with Crippen LogP contribution in [-0.2, 0) is 16.8 Å². The summed E-state index contributed by atoms with van der Waals surface area (Å²) in [7, 11) is 0. The molecule has 1 amide bonds. The maximum atomic E-state index is 12.9. The van der Waals surface area contributed by atoms with Crippen molar-refractivity contribution < 1.29 is 4.79 Å². The molecule has 1 aromatic carbocycles. The smallest absolute Gasteiger partial charge is 0.231 e. The highest BCUT2D eigenvalue weighted by Gasteiger charge is 2.40. The van der Waals surface area contributed by atoms with Gasteiger partial charge in [-0.3, -0.25) is 4.79 Å². The van der Waals surface area contributed by atoms with Gasteiger partial charge in [-0.15, -0.1) is 11.3 Å². The zero-order chi connectivity index (χ0) is 14.5. The van der Waals surface area contributed by atoms with Gasteiger partial charge < -0.3 is 10.6 Å². The van der Waals surface area contributed by atoms with Crippen LogP contribution in [0.15, 0.2) is 41.2 Å². The number of amides is 1. The SMILES string of the molecule is O=C(NCc1cscn1)C1(c2ccccc2)CCNCC1. The van der Waals surface area contributed by atoms with Crippen LogP contribution >= 0.6 is 11.3 Å². The Morgan fingerprint density at radius 1 is 1.29 bits per heavy atom. The molecule has 1 aliphatic rings. The van der Waals surface area contributed by atoms with Crippen LogP contribution in [0.4, 0.5) is 0 Å². The van der Waals surface area contributed by atoms with Crippen LogP contribution in [0.3, 0.4) is 0 Å². The number of piperidine rings is 1. The molecule has 2 heterocycles. The van der Waals surface area contributed by atoms with Crippen molar-refractivity contribution in [3.05, 3.63) is 52.5 Å². The van der Waals surface area contributed by atoms with Crippen molar-refractivity contribution in [2.75, 3.05) is 13.1 Å². The highest BCUT2D eigenvalue weighted by Crippen LogP contribution is 2.33. The van der Waals surface area contributed by atoms with Gasteiger partial charge in [-0.1, -0.05) is 30.3 Å². The largest absolute Gasteiger partial charge is 0.350 e. The van der Waals surface area contributed by atoms with Crippen LogP contribution in [-0.4, -0.2) is 24.0 Å². The van der Waals surface area contributed by atoms with Gasteiger partial charge in [0.15, 0.2) is 0 Å². The van der Waals surface area contributed by atoms with Crippen LogP contribution in [0.5, 0.6) is 0 Å². The first-order valence-electron chi connectivity index (χ1n) is 7.23. The van der Waals surface area contributed by atoms with Crippen molar-refractivity contribution in [1.82, 2.24) is 15.6 Å². The fraction of sp³-hybridized carbons (Fsp3) is 0.375. The number of aromatic nitrogens is 1. The minimum atomic E-state index is -0.414. The highest BCUT2D eigenvalue weighted by atomic mass is 32.1. The van der Waals surface area contributed by atoms with E-state index in [1.807, 2.05) is 23.6 Å². The van der Waals surface area contributed by atoms with E-state index in [9.17, 15) is 4.79 Å². The molecule has 1 aromatic heterocycles. The molecule has 3 rings (SSSR count). The maximum absolute atomic E-state index is 12.9. The van der Waals surface area contributed by atoms with E-state index < -0.39 is 5.41 Å². The highest BCUT2D eigenvalue weighted by molar-refractivity contribution is 7.07. The van der Waals surface area contributed by atoms with E-state index in [1.165, 1.54) is 0 Å². The zero-order valence-electron chi connectivity index (χ0n) is 11.8. The molecule has 1 aliphatic heterocycles. The summed E-state index contributed by atoms with van der Waals surface area (Å²) >= 11 is 1.55. The molecule has 0 radical (unpaired) electrons. The zero-order valence-corrected chi connectivity index (χ0v) is 12.7. The fourth-order valence-corrected chi connectivity index (χ4v) is 3.48. The first kappa shape index (κ1) is 14.2. The molecular weight excluding hydrogens is 282 g/mol. The van der Waals surface area contributed by atoms with Gasteiger partial charge in [0.25, 0.3) is 0 Å². The van der Waals surface area contributed by atoms with Gasteiger partial charge in [-0.25, -0.2) is 4.98 Å². The number of rotatable bonds is 4. The summed E-state index contributed by atoms with van der Waals surface area (Å²) in [4.78, 5) is 17.1. The Bertz CT molecular complexity index is 577. The van der Waals surface area contributed by atoms with E-state index >= 15 is 0 Å². The molecule has 2 aromatic rings. The van der Waals surface area contributed by atoms with Crippen LogP contribution in [0.2, 0.25) is 0 Å². The maximum Gasteiger partial charge on any atom is 0.231 e. The molecule has 0 atom stereocenters. The number of carbonyl (C=O) groups excluding carboxylic acids is 1. The molecule has 1 fully saturated rings. The normalized spacial score (nSPS) is 17.3. The molecule has 110 valence electrons. The number of nitrogens with zero attached hydrogens (tertiary/aromatic N) is 1. The third-order valence-corrected chi connectivity index (χ3v) is 4.77. The standard InChI is InChI=1S/C16H19N3OS/c20-15(18-10-14-11-21-12-19-14)16(6-8-17-9-7-16)13-4-2-1-3-5-13/h1-5,11-12,17H,6-10H2,(H,18,20).